The lowest BCUT2D eigenvalue weighted by atomic mass is 10.0. The lowest BCUT2D eigenvalue weighted by Gasteiger charge is -2.13. The maximum absolute atomic E-state index is 3.60. The smallest absolute Gasteiger partial charge is 0.0463 e. The zero-order chi connectivity index (χ0) is 28.7. The average molecular weight is 543 g/mol. The number of para-hydroxylation sites is 2. The largest absolute Gasteiger partial charge is 0.355 e. The lowest BCUT2D eigenvalue weighted by Crippen LogP contribution is -1.93. The standard InChI is InChI=1S/C40H34N2/c1-29-9-7-11-33(27-29)37-13-3-5-15-39(37)41-35-23-19-31(20-24-35)17-18-32-21-25-36(26-22-32)42-40-16-6-4-14-38(40)34-12-8-10-30(2)28-34/h3-28,41-42H,1-2H3. The summed E-state index contributed by atoms with van der Waals surface area (Å²) in [5.74, 6) is 0. The normalized spacial score (nSPS) is 11.0. The van der Waals surface area contributed by atoms with Crippen molar-refractivity contribution in [3.8, 4) is 22.3 Å². The second-order valence-corrected chi connectivity index (χ2v) is 10.7. The van der Waals surface area contributed by atoms with Gasteiger partial charge in [0, 0.05) is 33.9 Å². The van der Waals surface area contributed by atoms with Crippen molar-refractivity contribution < 1.29 is 0 Å². The van der Waals surface area contributed by atoms with Crippen molar-refractivity contribution >= 4 is 34.9 Å². The average Bonchev–Trinajstić information content (AvgIpc) is 3.02. The van der Waals surface area contributed by atoms with Crippen LogP contribution in [0.4, 0.5) is 22.7 Å². The molecule has 0 aliphatic carbocycles. The van der Waals surface area contributed by atoms with Gasteiger partial charge in [0.1, 0.15) is 0 Å². The summed E-state index contributed by atoms with van der Waals surface area (Å²) in [5.41, 5.74) is 14.0. The Bertz CT molecular complexity index is 1690. The van der Waals surface area contributed by atoms with Crippen LogP contribution in [-0.2, 0) is 0 Å². The third-order valence-electron chi connectivity index (χ3n) is 7.36. The van der Waals surface area contributed by atoms with Crippen LogP contribution in [0.2, 0.25) is 0 Å². The minimum Gasteiger partial charge on any atom is -0.355 e. The Morgan fingerprint density at radius 2 is 0.810 bits per heavy atom. The molecule has 6 rings (SSSR count). The lowest BCUT2D eigenvalue weighted by molar-refractivity contribution is 1.46. The molecule has 0 unspecified atom stereocenters. The molecule has 0 aliphatic heterocycles. The molecule has 0 bridgehead atoms. The van der Waals surface area contributed by atoms with Gasteiger partial charge in [-0.15, -0.1) is 0 Å². The molecule has 0 aliphatic rings. The van der Waals surface area contributed by atoms with E-state index < -0.39 is 0 Å². The molecule has 42 heavy (non-hydrogen) atoms. The molecular weight excluding hydrogens is 508 g/mol. The molecule has 0 atom stereocenters. The molecule has 6 aromatic rings. The van der Waals surface area contributed by atoms with E-state index in [4.69, 9.17) is 0 Å². The predicted molar refractivity (Wildman–Crippen MR) is 182 cm³/mol. The topological polar surface area (TPSA) is 24.1 Å². The summed E-state index contributed by atoms with van der Waals surface area (Å²) in [6.45, 7) is 4.26. The van der Waals surface area contributed by atoms with Crippen LogP contribution in [0.25, 0.3) is 34.4 Å². The highest BCUT2D eigenvalue weighted by Gasteiger charge is 2.07. The van der Waals surface area contributed by atoms with E-state index >= 15 is 0 Å². The summed E-state index contributed by atoms with van der Waals surface area (Å²) in [6, 6.07) is 51.3. The number of rotatable bonds is 8. The highest BCUT2D eigenvalue weighted by Crippen LogP contribution is 2.32. The fourth-order valence-corrected chi connectivity index (χ4v) is 5.17. The van der Waals surface area contributed by atoms with Crippen molar-refractivity contribution in [3.63, 3.8) is 0 Å². The van der Waals surface area contributed by atoms with Gasteiger partial charge in [0.15, 0.2) is 0 Å². The number of anilines is 4. The van der Waals surface area contributed by atoms with Crippen molar-refractivity contribution in [2.45, 2.75) is 13.8 Å². The third-order valence-corrected chi connectivity index (χ3v) is 7.36. The van der Waals surface area contributed by atoms with Crippen molar-refractivity contribution in [3.05, 3.63) is 168 Å². The van der Waals surface area contributed by atoms with Gasteiger partial charge in [0.2, 0.25) is 0 Å². The van der Waals surface area contributed by atoms with E-state index in [1.54, 1.807) is 0 Å². The zero-order valence-electron chi connectivity index (χ0n) is 24.0. The Kier molecular flexibility index (Phi) is 7.96. The van der Waals surface area contributed by atoms with Crippen LogP contribution >= 0.6 is 0 Å². The zero-order valence-corrected chi connectivity index (χ0v) is 24.0. The molecule has 0 aromatic heterocycles. The Balaban J connectivity index is 1.12. The third kappa shape index (κ3) is 6.51. The molecule has 0 radical (unpaired) electrons. The Labute approximate surface area is 249 Å². The van der Waals surface area contributed by atoms with E-state index in [1.165, 1.54) is 33.4 Å². The molecule has 0 heterocycles. The summed E-state index contributed by atoms with van der Waals surface area (Å²) in [7, 11) is 0. The second-order valence-electron chi connectivity index (χ2n) is 10.7. The first kappa shape index (κ1) is 26.9. The van der Waals surface area contributed by atoms with Gasteiger partial charge in [-0.2, -0.15) is 0 Å². The van der Waals surface area contributed by atoms with Gasteiger partial charge in [-0.05, 0) is 72.5 Å². The molecule has 0 spiro atoms. The fourth-order valence-electron chi connectivity index (χ4n) is 5.17. The minimum absolute atomic E-state index is 1.06. The summed E-state index contributed by atoms with van der Waals surface area (Å²) >= 11 is 0. The first-order valence-electron chi connectivity index (χ1n) is 14.4. The number of hydrogen-bond donors (Lipinski definition) is 2. The van der Waals surface area contributed by atoms with Crippen molar-refractivity contribution in [2.24, 2.45) is 0 Å². The van der Waals surface area contributed by atoms with Crippen LogP contribution in [-0.4, -0.2) is 0 Å². The molecule has 6 aromatic carbocycles. The van der Waals surface area contributed by atoms with Gasteiger partial charge in [0.05, 0.1) is 0 Å². The van der Waals surface area contributed by atoms with Crippen LogP contribution in [0.5, 0.6) is 0 Å². The van der Waals surface area contributed by atoms with E-state index in [0.717, 1.165) is 33.9 Å². The second kappa shape index (κ2) is 12.4. The quantitative estimate of drug-likeness (QED) is 0.187. The first-order chi connectivity index (χ1) is 20.6. The van der Waals surface area contributed by atoms with Gasteiger partial charge < -0.3 is 10.6 Å². The van der Waals surface area contributed by atoms with Crippen LogP contribution in [0.3, 0.4) is 0 Å². The maximum Gasteiger partial charge on any atom is 0.0463 e. The highest BCUT2D eigenvalue weighted by atomic mass is 14.9. The van der Waals surface area contributed by atoms with Gasteiger partial charge >= 0.3 is 0 Å². The SMILES string of the molecule is Cc1cccc(-c2ccccc2Nc2ccc(C=Cc3ccc(Nc4ccccc4-c4cccc(C)c4)cc3)cc2)c1. The van der Waals surface area contributed by atoms with Crippen LogP contribution in [0.1, 0.15) is 22.3 Å². The van der Waals surface area contributed by atoms with E-state index in [-0.39, 0.29) is 0 Å². The number of hydrogen-bond acceptors (Lipinski definition) is 2. The molecule has 0 fully saturated rings. The summed E-state index contributed by atoms with van der Waals surface area (Å²) in [6.07, 6.45) is 4.31. The molecule has 0 saturated carbocycles. The highest BCUT2D eigenvalue weighted by molar-refractivity contribution is 5.83. The van der Waals surface area contributed by atoms with Crippen LogP contribution in [0, 0.1) is 13.8 Å². The fraction of sp³-hybridized carbons (Fsp3) is 0.0500. The van der Waals surface area contributed by atoms with Gasteiger partial charge in [-0.3, -0.25) is 0 Å². The first-order valence-corrected chi connectivity index (χ1v) is 14.4. The summed E-state index contributed by atoms with van der Waals surface area (Å²) in [4.78, 5) is 0. The monoisotopic (exact) mass is 542 g/mol. The minimum atomic E-state index is 1.06. The molecule has 0 amide bonds. The molecule has 2 heteroatoms. The van der Waals surface area contributed by atoms with Crippen molar-refractivity contribution in [1.29, 1.82) is 0 Å². The summed E-state index contributed by atoms with van der Waals surface area (Å²) < 4.78 is 0. The van der Waals surface area contributed by atoms with Gasteiger partial charge in [0.25, 0.3) is 0 Å². The van der Waals surface area contributed by atoms with Crippen molar-refractivity contribution in [2.75, 3.05) is 10.6 Å². The van der Waals surface area contributed by atoms with Gasteiger partial charge in [-0.25, -0.2) is 0 Å². The number of benzene rings is 6. The molecule has 2 nitrogen and oxygen atoms in total. The Morgan fingerprint density at radius 1 is 0.405 bits per heavy atom. The van der Waals surface area contributed by atoms with Crippen LogP contribution in [0.15, 0.2) is 146 Å². The van der Waals surface area contributed by atoms with E-state index in [9.17, 15) is 0 Å². The molecule has 0 saturated heterocycles. The van der Waals surface area contributed by atoms with Gasteiger partial charge in [-0.1, -0.05) is 132 Å². The van der Waals surface area contributed by atoms with E-state index in [2.05, 4.69) is 182 Å². The number of nitrogens with one attached hydrogen (secondary N) is 2. The van der Waals surface area contributed by atoms with E-state index in [0.29, 0.717) is 0 Å². The predicted octanol–water partition coefficient (Wildman–Crippen LogP) is 11.3. The summed E-state index contributed by atoms with van der Waals surface area (Å²) in [5, 5.41) is 7.21. The van der Waals surface area contributed by atoms with Crippen LogP contribution < -0.4 is 10.6 Å². The number of aryl methyl sites for hydroxylation is 2. The molecule has 2 N–H and O–H groups in total. The maximum atomic E-state index is 3.60. The molecular formula is C40H34N2. The Morgan fingerprint density at radius 3 is 1.21 bits per heavy atom. The molecule has 204 valence electrons. The van der Waals surface area contributed by atoms with Crippen molar-refractivity contribution in [1.82, 2.24) is 0 Å². The Hall–Kier alpha value is -5.34. The van der Waals surface area contributed by atoms with E-state index in [1.807, 2.05) is 0 Å².